The van der Waals surface area contributed by atoms with Crippen molar-refractivity contribution in [2.75, 3.05) is 0 Å². The molecular weight excluding hydrogens is 449 g/mol. The lowest BCUT2D eigenvalue weighted by molar-refractivity contribution is 0.0415. The predicted octanol–water partition coefficient (Wildman–Crippen LogP) is 4.67. The molecule has 1 atom stereocenters. The van der Waals surface area contributed by atoms with Crippen LogP contribution in [-0.4, -0.2) is 29.8 Å². The number of aromatic nitrogens is 6. The molecule has 0 N–H and O–H groups in total. The van der Waals surface area contributed by atoms with Crippen molar-refractivity contribution in [3.8, 4) is 11.3 Å². The third-order valence-corrected chi connectivity index (χ3v) is 4.80. The Labute approximate surface area is 172 Å². The highest BCUT2D eigenvalue weighted by atomic mass is 79.9. The number of rotatable bonds is 6. The van der Waals surface area contributed by atoms with E-state index < -0.39 is 6.55 Å². The summed E-state index contributed by atoms with van der Waals surface area (Å²) < 4.78 is 41.3. The molecule has 1 aromatic carbocycles. The fourth-order valence-corrected chi connectivity index (χ4v) is 3.14. The van der Waals surface area contributed by atoms with Crippen LogP contribution >= 0.6 is 15.9 Å². The van der Waals surface area contributed by atoms with Crippen LogP contribution in [0.1, 0.15) is 23.8 Å². The first-order valence-electron chi connectivity index (χ1n) is 8.60. The summed E-state index contributed by atoms with van der Waals surface area (Å²) >= 11 is 3.37. The molecule has 6 nitrogen and oxygen atoms in total. The van der Waals surface area contributed by atoms with Crippen molar-refractivity contribution in [2.45, 2.75) is 19.0 Å². The highest BCUT2D eigenvalue weighted by Crippen LogP contribution is 2.25. The van der Waals surface area contributed by atoms with Crippen molar-refractivity contribution in [1.29, 1.82) is 0 Å². The molecule has 10 heteroatoms. The van der Waals surface area contributed by atoms with Crippen molar-refractivity contribution in [3.63, 3.8) is 0 Å². The molecule has 0 aliphatic heterocycles. The van der Waals surface area contributed by atoms with Gasteiger partial charge in [0.25, 0.3) is 0 Å². The first-order chi connectivity index (χ1) is 14.0. The number of hydrogen-bond donors (Lipinski definition) is 0. The van der Waals surface area contributed by atoms with Crippen LogP contribution in [0.3, 0.4) is 0 Å². The Kier molecular flexibility index (Phi) is 5.43. The van der Waals surface area contributed by atoms with Crippen LogP contribution in [0.2, 0.25) is 0 Å². The zero-order chi connectivity index (χ0) is 20.4. The number of pyridine rings is 1. The molecule has 4 rings (SSSR count). The number of nitrogens with zero attached hydrogens (tertiary/aromatic N) is 6. The summed E-state index contributed by atoms with van der Waals surface area (Å²) in [5.41, 5.74) is 2.50. The second-order valence-electron chi connectivity index (χ2n) is 6.28. The minimum atomic E-state index is -2.81. The predicted molar refractivity (Wildman–Crippen MR) is 103 cm³/mol. The third kappa shape index (κ3) is 4.37. The molecule has 29 heavy (non-hydrogen) atoms. The lowest BCUT2D eigenvalue weighted by Crippen LogP contribution is -2.15. The van der Waals surface area contributed by atoms with E-state index in [9.17, 15) is 13.2 Å². The minimum absolute atomic E-state index is 0.285. The highest BCUT2D eigenvalue weighted by molar-refractivity contribution is 9.10. The zero-order valence-electron chi connectivity index (χ0n) is 14.8. The normalized spacial score (nSPS) is 12.4. The van der Waals surface area contributed by atoms with E-state index >= 15 is 0 Å². The maximum Gasteiger partial charge on any atom is 0.348 e. The first-order valence-corrected chi connectivity index (χ1v) is 9.39. The van der Waals surface area contributed by atoms with Gasteiger partial charge in [-0.1, -0.05) is 12.1 Å². The van der Waals surface area contributed by atoms with E-state index in [1.165, 1.54) is 24.5 Å². The Morgan fingerprint density at radius 3 is 2.41 bits per heavy atom. The van der Waals surface area contributed by atoms with Crippen molar-refractivity contribution < 1.29 is 13.2 Å². The molecule has 4 aromatic rings. The molecule has 0 radical (unpaired) electrons. The molecule has 3 heterocycles. The van der Waals surface area contributed by atoms with Crippen LogP contribution in [0.15, 0.2) is 65.7 Å². The molecule has 0 amide bonds. The molecule has 0 fully saturated rings. The largest absolute Gasteiger partial charge is 0.348 e. The van der Waals surface area contributed by atoms with E-state index in [0.29, 0.717) is 22.5 Å². The van der Waals surface area contributed by atoms with Gasteiger partial charge in [-0.2, -0.15) is 19.0 Å². The Morgan fingerprint density at radius 1 is 0.966 bits per heavy atom. The lowest BCUT2D eigenvalue weighted by atomic mass is 10.0. The van der Waals surface area contributed by atoms with Gasteiger partial charge in [0.1, 0.15) is 11.5 Å². The summed E-state index contributed by atoms with van der Waals surface area (Å²) in [4.78, 5) is 4.81. The second kappa shape index (κ2) is 8.16. The lowest BCUT2D eigenvalue weighted by Gasteiger charge is -2.17. The van der Waals surface area contributed by atoms with Crippen molar-refractivity contribution in [3.05, 3.63) is 82.7 Å². The molecular formula is C19H14BrF3N6. The molecule has 0 saturated heterocycles. The summed E-state index contributed by atoms with van der Waals surface area (Å²) in [6.45, 7) is -2.81. The third-order valence-electron chi connectivity index (χ3n) is 4.33. The summed E-state index contributed by atoms with van der Waals surface area (Å²) in [5.74, 6) is -0.310. The second-order valence-corrected chi connectivity index (χ2v) is 7.20. The van der Waals surface area contributed by atoms with Gasteiger partial charge in [-0.3, -0.25) is 9.67 Å². The zero-order valence-corrected chi connectivity index (χ0v) is 16.4. The van der Waals surface area contributed by atoms with Gasteiger partial charge < -0.3 is 0 Å². The number of halogens is 4. The van der Waals surface area contributed by atoms with Gasteiger partial charge in [-0.25, -0.2) is 4.39 Å². The standard InChI is InChI=1S/C19H14BrF3N6/c20-14-3-6-16(24-9-14)18(7-12-1-4-15(21)5-2-12)28-11-13(8-25-28)17-10-26-29(27-17)19(22)23/h1-6,8-11,18-19H,7H2. The van der Waals surface area contributed by atoms with Crippen LogP contribution < -0.4 is 0 Å². The average Bonchev–Trinajstić information content (AvgIpc) is 3.38. The highest BCUT2D eigenvalue weighted by Gasteiger charge is 2.19. The smallest absolute Gasteiger partial charge is 0.263 e. The van der Waals surface area contributed by atoms with Crippen molar-refractivity contribution in [1.82, 2.24) is 29.8 Å². The number of benzene rings is 1. The Hall–Kier alpha value is -3.01. The van der Waals surface area contributed by atoms with E-state index in [1.54, 1.807) is 29.2 Å². The Balaban J connectivity index is 1.67. The minimum Gasteiger partial charge on any atom is -0.263 e. The first kappa shape index (κ1) is 19.3. The van der Waals surface area contributed by atoms with Gasteiger partial charge in [0, 0.05) is 28.9 Å². The van der Waals surface area contributed by atoms with Crippen LogP contribution in [0.5, 0.6) is 0 Å². The van der Waals surface area contributed by atoms with Crippen molar-refractivity contribution >= 4 is 15.9 Å². The van der Waals surface area contributed by atoms with Gasteiger partial charge >= 0.3 is 6.55 Å². The summed E-state index contributed by atoms with van der Waals surface area (Å²) in [6, 6.07) is 9.68. The van der Waals surface area contributed by atoms with Gasteiger partial charge in [0.15, 0.2) is 0 Å². The Bertz CT molecular complexity index is 1090. The summed E-state index contributed by atoms with van der Waals surface area (Å²) in [6.07, 6.45) is 6.71. The fraction of sp³-hybridized carbons (Fsp3) is 0.158. The molecule has 0 bridgehead atoms. The maximum atomic E-state index is 13.3. The van der Waals surface area contributed by atoms with Crippen LogP contribution in [0.25, 0.3) is 11.3 Å². The molecule has 0 aliphatic carbocycles. The van der Waals surface area contributed by atoms with Gasteiger partial charge in [0.05, 0.1) is 24.1 Å². The van der Waals surface area contributed by atoms with Gasteiger partial charge in [0.2, 0.25) is 0 Å². The topological polar surface area (TPSA) is 61.4 Å². The van der Waals surface area contributed by atoms with Crippen molar-refractivity contribution in [2.24, 2.45) is 0 Å². The quantitative estimate of drug-likeness (QED) is 0.417. The number of hydrogen-bond acceptors (Lipinski definition) is 4. The van der Waals surface area contributed by atoms with Gasteiger partial charge in [-0.15, -0.1) is 9.90 Å². The molecule has 0 spiro atoms. The average molecular weight is 463 g/mol. The van der Waals surface area contributed by atoms with E-state index in [2.05, 4.69) is 36.2 Å². The van der Waals surface area contributed by atoms with E-state index in [4.69, 9.17) is 0 Å². The Morgan fingerprint density at radius 2 is 1.76 bits per heavy atom. The molecule has 148 valence electrons. The summed E-state index contributed by atoms with van der Waals surface area (Å²) in [5, 5.41) is 11.7. The van der Waals surface area contributed by atoms with Crippen LogP contribution in [0, 0.1) is 5.82 Å². The molecule has 0 saturated carbocycles. The van der Waals surface area contributed by atoms with E-state index in [1.807, 2.05) is 12.1 Å². The van der Waals surface area contributed by atoms with E-state index in [-0.39, 0.29) is 11.9 Å². The number of alkyl halides is 2. The fourth-order valence-electron chi connectivity index (χ4n) is 2.90. The molecule has 1 unspecified atom stereocenters. The SMILES string of the molecule is Fc1ccc(CC(c2ccc(Br)cn2)n2cc(-c3cnn(C(F)F)n3)cn2)cc1. The van der Waals surface area contributed by atoms with E-state index in [0.717, 1.165) is 15.7 Å². The molecule has 3 aromatic heterocycles. The summed E-state index contributed by atoms with van der Waals surface area (Å²) in [7, 11) is 0. The monoisotopic (exact) mass is 462 g/mol. The van der Waals surface area contributed by atoms with Crippen LogP contribution in [0.4, 0.5) is 13.2 Å². The maximum absolute atomic E-state index is 13.3. The van der Waals surface area contributed by atoms with Gasteiger partial charge in [-0.05, 0) is 45.8 Å². The van der Waals surface area contributed by atoms with Crippen LogP contribution in [-0.2, 0) is 6.42 Å². The molecule has 0 aliphatic rings.